The lowest BCUT2D eigenvalue weighted by atomic mass is 9.94. The lowest BCUT2D eigenvalue weighted by Gasteiger charge is -2.33. The number of hydrogen-bond acceptors (Lipinski definition) is 2. The number of halogens is 3. The molecule has 21 heavy (non-hydrogen) atoms. The Labute approximate surface area is 123 Å². The van der Waals surface area contributed by atoms with E-state index in [9.17, 15) is 13.2 Å². The van der Waals surface area contributed by atoms with Crippen LogP contribution in [0.25, 0.3) is 0 Å². The molecule has 1 aliphatic rings. The van der Waals surface area contributed by atoms with Gasteiger partial charge in [-0.3, -0.25) is 0 Å². The van der Waals surface area contributed by atoms with E-state index in [-0.39, 0.29) is 24.1 Å². The van der Waals surface area contributed by atoms with Crippen molar-refractivity contribution in [3.05, 3.63) is 29.8 Å². The molecule has 1 aliphatic carbocycles. The van der Waals surface area contributed by atoms with E-state index in [1.165, 1.54) is 6.07 Å². The SMILES string of the molecule is CC(C)O[C@@H]1CCCC[C@H]1Oc1cccc(C(F)(F)F)c1. The molecule has 2 rings (SSSR count). The second kappa shape index (κ2) is 6.69. The molecular weight excluding hydrogens is 281 g/mol. The van der Waals surface area contributed by atoms with Crippen LogP contribution in [0, 0.1) is 0 Å². The van der Waals surface area contributed by atoms with E-state index < -0.39 is 11.7 Å². The van der Waals surface area contributed by atoms with Gasteiger partial charge in [0.05, 0.1) is 17.8 Å². The first kappa shape index (κ1) is 16.1. The highest BCUT2D eigenvalue weighted by molar-refractivity contribution is 5.30. The Balaban J connectivity index is 2.08. The molecule has 0 saturated heterocycles. The summed E-state index contributed by atoms with van der Waals surface area (Å²) in [6.07, 6.45) is -0.699. The van der Waals surface area contributed by atoms with Crippen molar-refractivity contribution in [1.29, 1.82) is 0 Å². The summed E-state index contributed by atoms with van der Waals surface area (Å²) in [7, 11) is 0. The van der Waals surface area contributed by atoms with Crippen LogP contribution >= 0.6 is 0 Å². The van der Waals surface area contributed by atoms with Gasteiger partial charge in [0.25, 0.3) is 0 Å². The molecular formula is C16H21F3O2. The van der Waals surface area contributed by atoms with Crippen LogP contribution in [0.2, 0.25) is 0 Å². The third-order valence-corrected chi connectivity index (χ3v) is 3.54. The highest BCUT2D eigenvalue weighted by Crippen LogP contribution is 2.33. The molecule has 1 aromatic rings. The molecule has 0 bridgehead atoms. The van der Waals surface area contributed by atoms with Gasteiger partial charge in [-0.25, -0.2) is 0 Å². The second-order valence-electron chi connectivity index (χ2n) is 5.69. The quantitative estimate of drug-likeness (QED) is 0.794. The Bertz CT molecular complexity index is 457. The fourth-order valence-corrected chi connectivity index (χ4v) is 2.62. The first-order valence-electron chi connectivity index (χ1n) is 7.35. The average Bonchev–Trinajstić information content (AvgIpc) is 2.40. The fourth-order valence-electron chi connectivity index (χ4n) is 2.62. The summed E-state index contributed by atoms with van der Waals surface area (Å²) in [4.78, 5) is 0. The molecule has 0 amide bonds. The molecule has 118 valence electrons. The molecule has 1 aromatic carbocycles. The summed E-state index contributed by atoms with van der Waals surface area (Å²) in [5.74, 6) is 0.258. The Morgan fingerprint density at radius 3 is 2.38 bits per heavy atom. The van der Waals surface area contributed by atoms with Crippen LogP contribution in [-0.2, 0) is 10.9 Å². The zero-order chi connectivity index (χ0) is 15.5. The molecule has 0 unspecified atom stereocenters. The fraction of sp³-hybridized carbons (Fsp3) is 0.625. The molecule has 5 heteroatoms. The average molecular weight is 302 g/mol. The number of alkyl halides is 3. The van der Waals surface area contributed by atoms with Gasteiger partial charge in [0, 0.05) is 0 Å². The molecule has 2 nitrogen and oxygen atoms in total. The minimum atomic E-state index is -4.35. The lowest BCUT2D eigenvalue weighted by Crippen LogP contribution is -2.38. The minimum absolute atomic E-state index is 0.0479. The Kier molecular flexibility index (Phi) is 5.14. The largest absolute Gasteiger partial charge is 0.488 e. The highest BCUT2D eigenvalue weighted by atomic mass is 19.4. The van der Waals surface area contributed by atoms with Gasteiger partial charge >= 0.3 is 6.18 Å². The van der Waals surface area contributed by atoms with Gasteiger partial charge in [0.1, 0.15) is 11.9 Å². The van der Waals surface area contributed by atoms with E-state index in [0.717, 1.165) is 37.8 Å². The summed E-state index contributed by atoms with van der Waals surface area (Å²) in [5.41, 5.74) is -0.683. The van der Waals surface area contributed by atoms with Crippen LogP contribution in [0.3, 0.4) is 0 Å². The third-order valence-electron chi connectivity index (χ3n) is 3.54. The van der Waals surface area contributed by atoms with Crippen molar-refractivity contribution in [3.63, 3.8) is 0 Å². The molecule has 0 heterocycles. The van der Waals surface area contributed by atoms with E-state index in [1.54, 1.807) is 6.07 Å². The summed E-state index contributed by atoms with van der Waals surface area (Å²) in [5, 5.41) is 0. The molecule has 0 N–H and O–H groups in total. The predicted octanol–water partition coefficient (Wildman–Crippen LogP) is 4.82. The minimum Gasteiger partial charge on any atom is -0.488 e. The number of hydrogen-bond donors (Lipinski definition) is 0. The summed E-state index contributed by atoms with van der Waals surface area (Å²) >= 11 is 0. The molecule has 0 radical (unpaired) electrons. The number of rotatable bonds is 4. The zero-order valence-electron chi connectivity index (χ0n) is 12.3. The van der Waals surface area contributed by atoms with E-state index in [2.05, 4.69) is 0 Å². The first-order chi connectivity index (χ1) is 9.86. The van der Waals surface area contributed by atoms with E-state index in [1.807, 2.05) is 13.8 Å². The maximum absolute atomic E-state index is 12.7. The van der Waals surface area contributed by atoms with Crippen molar-refractivity contribution in [3.8, 4) is 5.75 Å². The van der Waals surface area contributed by atoms with E-state index in [0.29, 0.717) is 0 Å². The molecule has 0 aromatic heterocycles. The normalized spacial score (nSPS) is 23.3. The van der Waals surface area contributed by atoms with Crippen LogP contribution in [0.1, 0.15) is 45.1 Å². The van der Waals surface area contributed by atoms with E-state index in [4.69, 9.17) is 9.47 Å². The molecule has 0 spiro atoms. The maximum atomic E-state index is 12.7. The lowest BCUT2D eigenvalue weighted by molar-refractivity contribution is -0.137. The van der Waals surface area contributed by atoms with Crippen LogP contribution in [0.15, 0.2) is 24.3 Å². The van der Waals surface area contributed by atoms with Gasteiger partial charge in [0.15, 0.2) is 0 Å². The van der Waals surface area contributed by atoms with Crippen molar-refractivity contribution in [2.75, 3.05) is 0 Å². The molecule has 1 fully saturated rings. The van der Waals surface area contributed by atoms with E-state index >= 15 is 0 Å². The van der Waals surface area contributed by atoms with Gasteiger partial charge < -0.3 is 9.47 Å². The monoisotopic (exact) mass is 302 g/mol. The summed E-state index contributed by atoms with van der Waals surface area (Å²) < 4.78 is 49.8. The van der Waals surface area contributed by atoms with Gasteiger partial charge in [-0.15, -0.1) is 0 Å². The number of benzene rings is 1. The number of ether oxygens (including phenoxy) is 2. The molecule has 2 atom stereocenters. The zero-order valence-corrected chi connectivity index (χ0v) is 12.3. The van der Waals surface area contributed by atoms with Gasteiger partial charge in [-0.05, 0) is 51.3 Å². The summed E-state index contributed by atoms with van der Waals surface area (Å²) in [6, 6.07) is 5.05. The molecule has 0 aliphatic heterocycles. The highest BCUT2D eigenvalue weighted by Gasteiger charge is 2.32. The van der Waals surface area contributed by atoms with Crippen molar-refractivity contribution < 1.29 is 22.6 Å². The first-order valence-corrected chi connectivity index (χ1v) is 7.35. The second-order valence-corrected chi connectivity index (χ2v) is 5.69. The van der Waals surface area contributed by atoms with Crippen molar-refractivity contribution in [1.82, 2.24) is 0 Å². The Hall–Kier alpha value is -1.23. The van der Waals surface area contributed by atoms with Crippen molar-refractivity contribution >= 4 is 0 Å². The van der Waals surface area contributed by atoms with Gasteiger partial charge in [0.2, 0.25) is 0 Å². The predicted molar refractivity (Wildman–Crippen MR) is 74.3 cm³/mol. The maximum Gasteiger partial charge on any atom is 0.416 e. The van der Waals surface area contributed by atoms with Crippen molar-refractivity contribution in [2.24, 2.45) is 0 Å². The smallest absolute Gasteiger partial charge is 0.416 e. The molecule has 1 saturated carbocycles. The standard InChI is InChI=1S/C16H21F3O2/c1-11(2)20-14-8-3-4-9-15(14)21-13-7-5-6-12(10-13)16(17,18)19/h5-7,10-11,14-15H,3-4,8-9H2,1-2H3/t14-,15-/m1/s1. The van der Waals surface area contributed by atoms with Gasteiger partial charge in [-0.2, -0.15) is 13.2 Å². The van der Waals surface area contributed by atoms with Crippen LogP contribution in [0.5, 0.6) is 5.75 Å². The van der Waals surface area contributed by atoms with Crippen LogP contribution < -0.4 is 4.74 Å². The van der Waals surface area contributed by atoms with Crippen molar-refractivity contribution in [2.45, 2.75) is 64.0 Å². The Morgan fingerprint density at radius 2 is 1.76 bits per heavy atom. The third kappa shape index (κ3) is 4.63. The topological polar surface area (TPSA) is 18.5 Å². The van der Waals surface area contributed by atoms with Crippen LogP contribution in [0.4, 0.5) is 13.2 Å². The van der Waals surface area contributed by atoms with Crippen LogP contribution in [-0.4, -0.2) is 18.3 Å². The van der Waals surface area contributed by atoms with Gasteiger partial charge in [-0.1, -0.05) is 12.5 Å². The Morgan fingerprint density at radius 1 is 1.10 bits per heavy atom. The summed E-state index contributed by atoms with van der Waals surface area (Å²) in [6.45, 7) is 3.91.